The molecule has 0 bridgehead atoms. The molecule has 1 atom stereocenters. The summed E-state index contributed by atoms with van der Waals surface area (Å²) in [6, 6.07) is 7.55. The van der Waals surface area contributed by atoms with Gasteiger partial charge in [-0.25, -0.2) is 12.8 Å². The fourth-order valence-corrected chi connectivity index (χ4v) is 4.07. The number of nitrogens with zero attached hydrogens (tertiary/aromatic N) is 2. The van der Waals surface area contributed by atoms with E-state index in [1.165, 1.54) is 22.9 Å². The predicted molar refractivity (Wildman–Crippen MR) is 119 cm³/mol. The van der Waals surface area contributed by atoms with Crippen molar-refractivity contribution in [2.75, 3.05) is 18.2 Å². The number of ether oxygens (including phenoxy) is 2. The van der Waals surface area contributed by atoms with Gasteiger partial charge in [-0.3, -0.25) is 9.48 Å². The van der Waals surface area contributed by atoms with Crippen LogP contribution in [0.2, 0.25) is 5.02 Å². The zero-order chi connectivity index (χ0) is 24.3. The van der Waals surface area contributed by atoms with E-state index in [1.807, 2.05) is 0 Å². The lowest BCUT2D eigenvalue weighted by Gasteiger charge is -2.15. The van der Waals surface area contributed by atoms with Gasteiger partial charge in [0.05, 0.1) is 16.5 Å². The van der Waals surface area contributed by atoms with Crippen molar-refractivity contribution in [3.8, 4) is 17.2 Å². The predicted octanol–water partition coefficient (Wildman–Crippen LogP) is 3.42. The number of rotatable bonds is 8. The van der Waals surface area contributed by atoms with Gasteiger partial charge in [-0.1, -0.05) is 11.6 Å². The van der Waals surface area contributed by atoms with Crippen LogP contribution in [0.1, 0.15) is 17.3 Å². The van der Waals surface area contributed by atoms with Gasteiger partial charge in [-0.15, -0.1) is 0 Å². The van der Waals surface area contributed by atoms with Gasteiger partial charge in [0, 0.05) is 43.3 Å². The summed E-state index contributed by atoms with van der Waals surface area (Å²) in [7, 11) is -2.05. The van der Waals surface area contributed by atoms with Crippen LogP contribution in [0, 0.1) is 5.82 Å². The van der Waals surface area contributed by atoms with Crippen molar-refractivity contribution in [2.45, 2.75) is 17.9 Å². The highest BCUT2D eigenvalue weighted by molar-refractivity contribution is 7.90. The van der Waals surface area contributed by atoms with E-state index in [2.05, 4.69) is 10.4 Å². The third-order valence-electron chi connectivity index (χ3n) is 4.31. The summed E-state index contributed by atoms with van der Waals surface area (Å²) in [5, 5.41) is 15.7. The van der Waals surface area contributed by atoms with E-state index in [4.69, 9.17) is 21.1 Å². The lowest BCUT2D eigenvalue weighted by molar-refractivity contribution is 0.102. The largest absolute Gasteiger partial charge is 0.488 e. The average molecular weight is 498 g/mol. The highest BCUT2D eigenvalue weighted by Crippen LogP contribution is 2.34. The quantitative estimate of drug-likeness (QED) is 0.489. The summed E-state index contributed by atoms with van der Waals surface area (Å²) < 4.78 is 50.7. The normalized spacial score (nSPS) is 12.3. The molecule has 9 nitrogen and oxygen atoms in total. The Labute approximate surface area is 194 Å². The minimum atomic E-state index is -3.75. The second-order valence-electron chi connectivity index (χ2n) is 7.22. The van der Waals surface area contributed by atoms with Gasteiger partial charge in [-0.05, 0) is 25.1 Å². The Balaban J connectivity index is 1.97. The number of sulfone groups is 1. The van der Waals surface area contributed by atoms with E-state index in [0.29, 0.717) is 5.82 Å². The van der Waals surface area contributed by atoms with Crippen molar-refractivity contribution in [1.29, 1.82) is 0 Å². The summed E-state index contributed by atoms with van der Waals surface area (Å²) in [5.41, 5.74) is 0.109. The van der Waals surface area contributed by atoms with Crippen LogP contribution >= 0.6 is 11.6 Å². The number of hydrogen-bond acceptors (Lipinski definition) is 7. The first kappa shape index (κ1) is 24.5. The number of amides is 1. The van der Waals surface area contributed by atoms with Gasteiger partial charge < -0.3 is 19.9 Å². The topological polar surface area (TPSA) is 120 Å². The highest BCUT2D eigenvalue weighted by Gasteiger charge is 2.19. The van der Waals surface area contributed by atoms with Crippen molar-refractivity contribution in [2.24, 2.45) is 7.05 Å². The number of benzene rings is 2. The van der Waals surface area contributed by atoms with Crippen molar-refractivity contribution in [3.63, 3.8) is 0 Å². The van der Waals surface area contributed by atoms with Crippen LogP contribution in [0.25, 0.3) is 0 Å². The number of aryl methyl sites for hydroxylation is 1. The SMILES string of the molecule is C[C@@H](CO)Oc1cc(Oc2cc(Cl)c(S(C)(=O)=O)cc2F)cc(C(=O)Nc2ccn(C)n2)c1. The number of aliphatic hydroxyl groups is 1. The summed E-state index contributed by atoms with van der Waals surface area (Å²) in [4.78, 5) is 12.4. The maximum absolute atomic E-state index is 14.6. The van der Waals surface area contributed by atoms with Crippen LogP contribution in [-0.4, -0.2) is 48.2 Å². The fraction of sp³-hybridized carbons (Fsp3) is 0.238. The Hall–Kier alpha value is -3.15. The molecule has 0 radical (unpaired) electrons. The number of halogens is 2. The van der Waals surface area contributed by atoms with Crippen LogP contribution in [0.4, 0.5) is 10.2 Å². The van der Waals surface area contributed by atoms with Gasteiger partial charge >= 0.3 is 0 Å². The number of aliphatic hydroxyl groups excluding tert-OH is 1. The number of aromatic nitrogens is 2. The Morgan fingerprint density at radius 2 is 1.97 bits per heavy atom. The van der Waals surface area contributed by atoms with E-state index >= 15 is 0 Å². The average Bonchev–Trinajstić information content (AvgIpc) is 3.13. The molecule has 12 heteroatoms. The van der Waals surface area contributed by atoms with Gasteiger partial charge in [0.15, 0.2) is 27.2 Å². The van der Waals surface area contributed by atoms with E-state index in [-0.39, 0.29) is 39.3 Å². The lowest BCUT2D eigenvalue weighted by atomic mass is 10.2. The first-order valence-electron chi connectivity index (χ1n) is 9.57. The summed E-state index contributed by atoms with van der Waals surface area (Å²) in [6.07, 6.45) is 1.97. The molecule has 0 unspecified atom stereocenters. The summed E-state index contributed by atoms with van der Waals surface area (Å²) in [5.74, 6) is -1.34. The maximum atomic E-state index is 14.6. The molecule has 33 heavy (non-hydrogen) atoms. The molecule has 0 spiro atoms. The molecule has 0 saturated carbocycles. The van der Waals surface area contributed by atoms with Crippen LogP contribution in [0.15, 0.2) is 47.5 Å². The Bertz CT molecular complexity index is 1300. The summed E-state index contributed by atoms with van der Waals surface area (Å²) >= 11 is 5.99. The number of hydrogen-bond donors (Lipinski definition) is 2. The van der Waals surface area contributed by atoms with Crippen LogP contribution < -0.4 is 14.8 Å². The van der Waals surface area contributed by atoms with Crippen LogP contribution in [0.3, 0.4) is 0 Å². The van der Waals surface area contributed by atoms with Gasteiger partial charge in [0.1, 0.15) is 17.6 Å². The molecule has 0 aliphatic carbocycles. The molecule has 1 amide bonds. The van der Waals surface area contributed by atoms with Crippen molar-refractivity contribution in [3.05, 3.63) is 59.0 Å². The fourth-order valence-electron chi connectivity index (χ4n) is 2.77. The van der Waals surface area contributed by atoms with E-state index in [0.717, 1.165) is 18.4 Å². The van der Waals surface area contributed by atoms with E-state index in [9.17, 15) is 22.7 Å². The highest BCUT2D eigenvalue weighted by atomic mass is 35.5. The van der Waals surface area contributed by atoms with E-state index in [1.54, 1.807) is 26.2 Å². The number of carbonyl (C=O) groups excluding carboxylic acids is 1. The Morgan fingerprint density at radius 1 is 1.27 bits per heavy atom. The summed E-state index contributed by atoms with van der Waals surface area (Å²) in [6.45, 7) is 1.34. The molecule has 0 aliphatic heterocycles. The van der Waals surface area contributed by atoms with Gasteiger partial charge in [-0.2, -0.15) is 5.10 Å². The Morgan fingerprint density at radius 3 is 2.58 bits per heavy atom. The molecule has 1 heterocycles. The number of carbonyl (C=O) groups is 1. The van der Waals surface area contributed by atoms with Crippen LogP contribution in [0.5, 0.6) is 17.2 Å². The molecule has 0 saturated heterocycles. The second kappa shape index (κ2) is 9.77. The van der Waals surface area contributed by atoms with Crippen molar-refractivity contribution < 1.29 is 32.2 Å². The second-order valence-corrected chi connectivity index (χ2v) is 9.61. The van der Waals surface area contributed by atoms with Gasteiger partial charge in [0.25, 0.3) is 5.91 Å². The van der Waals surface area contributed by atoms with Crippen molar-refractivity contribution in [1.82, 2.24) is 9.78 Å². The minimum Gasteiger partial charge on any atom is -0.488 e. The zero-order valence-electron chi connectivity index (χ0n) is 17.9. The standard InChI is InChI=1S/C21H21ClFN3O6S/c1-12(11-27)31-14-6-13(21(28)24-20-4-5-26(2)25-20)7-15(8-14)32-18-9-16(22)19(10-17(18)23)33(3,29)30/h4-10,12,27H,11H2,1-3H3,(H,24,25,28)/t12-/m0/s1. The monoisotopic (exact) mass is 497 g/mol. The van der Waals surface area contributed by atoms with Crippen molar-refractivity contribution >= 4 is 33.2 Å². The van der Waals surface area contributed by atoms with Gasteiger partial charge in [0.2, 0.25) is 0 Å². The molecule has 0 aliphatic rings. The first-order chi connectivity index (χ1) is 15.5. The first-order valence-corrected chi connectivity index (χ1v) is 11.8. The lowest BCUT2D eigenvalue weighted by Crippen LogP contribution is -2.17. The molecule has 1 aromatic heterocycles. The number of anilines is 1. The molecule has 3 aromatic rings. The molecule has 3 rings (SSSR count). The third kappa shape index (κ3) is 6.21. The van der Waals surface area contributed by atoms with Crippen LogP contribution in [-0.2, 0) is 16.9 Å². The molecule has 0 fully saturated rings. The molecule has 176 valence electrons. The van der Waals surface area contributed by atoms with E-state index < -0.39 is 27.7 Å². The molecular formula is C21H21ClFN3O6S. The zero-order valence-corrected chi connectivity index (χ0v) is 19.4. The number of nitrogens with one attached hydrogen (secondary N) is 1. The molecule has 2 N–H and O–H groups in total. The maximum Gasteiger partial charge on any atom is 0.257 e. The smallest absolute Gasteiger partial charge is 0.257 e. The molecular weight excluding hydrogens is 477 g/mol. The minimum absolute atomic E-state index is 0.0193. The third-order valence-corrected chi connectivity index (χ3v) is 5.87. The Kier molecular flexibility index (Phi) is 7.25. The molecule has 2 aromatic carbocycles.